The lowest BCUT2D eigenvalue weighted by Crippen LogP contribution is -2.07. The lowest BCUT2D eigenvalue weighted by Gasteiger charge is -2.12. The Labute approximate surface area is 104 Å². The molecule has 1 N–H and O–H groups in total. The van der Waals surface area contributed by atoms with Gasteiger partial charge >= 0.3 is 0 Å². The first-order valence-corrected chi connectivity index (χ1v) is 6.15. The van der Waals surface area contributed by atoms with E-state index >= 15 is 0 Å². The molecule has 2 heteroatoms. The summed E-state index contributed by atoms with van der Waals surface area (Å²) >= 11 is 0. The number of benzene rings is 1. The van der Waals surface area contributed by atoms with Crippen molar-refractivity contribution < 1.29 is 4.79 Å². The molecule has 0 atom stereocenters. The third-order valence-corrected chi connectivity index (χ3v) is 2.60. The number of ketones is 1. The highest BCUT2D eigenvalue weighted by atomic mass is 16.1. The molecule has 1 saturated carbocycles. The molecule has 1 aliphatic rings. The van der Waals surface area contributed by atoms with E-state index in [2.05, 4.69) is 5.32 Å². The Bertz CT molecular complexity index is 368. The molecular weight excluding hydrogens is 210 g/mol. The zero-order valence-corrected chi connectivity index (χ0v) is 10.7. The van der Waals surface area contributed by atoms with E-state index in [-0.39, 0.29) is 0 Å². The second kappa shape index (κ2) is 7.80. The van der Waals surface area contributed by atoms with E-state index < -0.39 is 0 Å². The standard InChI is InChI=1S/C13H14O.C2H7N/c14-13-9-5-4-8-12(13)10-11-6-2-1-3-7-11;1-3-2/h1-3,6-7,10H,4-5,8-9H2;3H,1-2H3. The number of carbonyl (C=O) groups excluding carboxylic acids is 1. The molecule has 0 aromatic heterocycles. The fourth-order valence-corrected chi connectivity index (χ4v) is 1.80. The quantitative estimate of drug-likeness (QED) is 0.753. The second-order valence-corrected chi connectivity index (χ2v) is 4.21. The van der Waals surface area contributed by atoms with Crippen molar-refractivity contribution in [2.24, 2.45) is 0 Å². The van der Waals surface area contributed by atoms with Gasteiger partial charge in [-0.1, -0.05) is 30.3 Å². The summed E-state index contributed by atoms with van der Waals surface area (Å²) in [6.45, 7) is 0. The molecule has 0 amide bonds. The summed E-state index contributed by atoms with van der Waals surface area (Å²) in [6, 6.07) is 10.1. The largest absolute Gasteiger partial charge is 0.323 e. The maximum Gasteiger partial charge on any atom is 0.158 e. The van der Waals surface area contributed by atoms with Gasteiger partial charge in [-0.3, -0.25) is 4.79 Å². The molecule has 0 radical (unpaired) electrons. The number of rotatable bonds is 1. The van der Waals surface area contributed by atoms with Crippen LogP contribution < -0.4 is 5.32 Å². The highest BCUT2D eigenvalue weighted by molar-refractivity contribution is 6.00. The Kier molecular flexibility index (Phi) is 6.26. The summed E-state index contributed by atoms with van der Waals surface area (Å²) in [5.41, 5.74) is 2.14. The van der Waals surface area contributed by atoms with Gasteiger partial charge < -0.3 is 5.32 Å². The van der Waals surface area contributed by atoms with Gasteiger partial charge in [-0.25, -0.2) is 0 Å². The van der Waals surface area contributed by atoms with E-state index in [0.717, 1.165) is 36.8 Å². The van der Waals surface area contributed by atoms with Crippen LogP contribution in [0.4, 0.5) is 0 Å². The minimum atomic E-state index is 0.333. The molecule has 1 aliphatic carbocycles. The van der Waals surface area contributed by atoms with Gasteiger partial charge in [0.1, 0.15) is 0 Å². The van der Waals surface area contributed by atoms with E-state index in [0.29, 0.717) is 5.78 Å². The first-order chi connectivity index (χ1) is 8.27. The Balaban J connectivity index is 0.000000437. The van der Waals surface area contributed by atoms with Crippen molar-refractivity contribution in [2.45, 2.75) is 25.7 Å². The molecule has 17 heavy (non-hydrogen) atoms. The summed E-state index contributed by atoms with van der Waals surface area (Å²) in [5, 5.41) is 2.75. The highest BCUT2D eigenvalue weighted by Gasteiger charge is 2.14. The molecular formula is C15H21NO. The van der Waals surface area contributed by atoms with Crippen LogP contribution in [0.25, 0.3) is 6.08 Å². The molecule has 0 saturated heterocycles. The zero-order valence-electron chi connectivity index (χ0n) is 10.7. The van der Waals surface area contributed by atoms with Crippen LogP contribution in [0.5, 0.6) is 0 Å². The molecule has 0 spiro atoms. The molecule has 0 heterocycles. The van der Waals surface area contributed by atoms with E-state index in [9.17, 15) is 4.79 Å². The lowest BCUT2D eigenvalue weighted by molar-refractivity contribution is -0.116. The van der Waals surface area contributed by atoms with Crippen LogP contribution in [0.15, 0.2) is 35.9 Å². The van der Waals surface area contributed by atoms with Gasteiger partial charge in [0.05, 0.1) is 0 Å². The van der Waals surface area contributed by atoms with Gasteiger partial charge in [-0.15, -0.1) is 0 Å². The molecule has 1 aromatic carbocycles. The van der Waals surface area contributed by atoms with Gasteiger partial charge in [0.15, 0.2) is 5.78 Å². The molecule has 2 nitrogen and oxygen atoms in total. The van der Waals surface area contributed by atoms with Gasteiger partial charge in [0.2, 0.25) is 0 Å². The summed E-state index contributed by atoms with van der Waals surface area (Å²) < 4.78 is 0. The Morgan fingerprint density at radius 2 is 1.65 bits per heavy atom. The maximum absolute atomic E-state index is 11.5. The Hall–Kier alpha value is -1.41. The fraction of sp³-hybridized carbons (Fsp3) is 0.400. The van der Waals surface area contributed by atoms with E-state index in [4.69, 9.17) is 0 Å². The first kappa shape index (κ1) is 13.7. The summed E-state index contributed by atoms with van der Waals surface area (Å²) in [7, 11) is 3.75. The van der Waals surface area contributed by atoms with E-state index in [1.807, 2.05) is 50.5 Å². The van der Waals surface area contributed by atoms with Crippen LogP contribution in [0.3, 0.4) is 0 Å². The maximum atomic E-state index is 11.5. The van der Waals surface area contributed by atoms with Crippen LogP contribution in [-0.2, 0) is 4.79 Å². The smallest absolute Gasteiger partial charge is 0.158 e. The fourth-order valence-electron chi connectivity index (χ4n) is 1.80. The molecule has 0 bridgehead atoms. The van der Waals surface area contributed by atoms with Crippen molar-refractivity contribution in [3.63, 3.8) is 0 Å². The molecule has 1 fully saturated rings. The van der Waals surface area contributed by atoms with Crippen LogP contribution in [-0.4, -0.2) is 19.9 Å². The zero-order chi connectivity index (χ0) is 12.5. The third-order valence-electron chi connectivity index (χ3n) is 2.60. The average molecular weight is 231 g/mol. The minimum Gasteiger partial charge on any atom is -0.323 e. The van der Waals surface area contributed by atoms with Crippen LogP contribution >= 0.6 is 0 Å². The number of hydrogen-bond donors (Lipinski definition) is 1. The average Bonchev–Trinajstić information content (AvgIpc) is 2.35. The van der Waals surface area contributed by atoms with E-state index in [1.54, 1.807) is 0 Å². The van der Waals surface area contributed by atoms with Crippen molar-refractivity contribution >= 4 is 11.9 Å². The molecule has 0 unspecified atom stereocenters. The predicted octanol–water partition coefficient (Wildman–Crippen LogP) is 3.05. The van der Waals surface area contributed by atoms with Crippen LogP contribution in [0.2, 0.25) is 0 Å². The minimum absolute atomic E-state index is 0.333. The molecule has 1 aromatic rings. The van der Waals surface area contributed by atoms with Crippen molar-refractivity contribution in [3.8, 4) is 0 Å². The number of carbonyl (C=O) groups is 1. The number of nitrogens with one attached hydrogen (secondary N) is 1. The summed E-state index contributed by atoms with van der Waals surface area (Å²) in [5.74, 6) is 0.333. The van der Waals surface area contributed by atoms with Crippen molar-refractivity contribution in [1.82, 2.24) is 5.32 Å². The molecule has 92 valence electrons. The SMILES string of the molecule is CNC.O=C1CCCCC1=Cc1ccccc1. The number of Topliss-reactive ketones (excluding diaryl/α,β-unsaturated/α-hetero) is 1. The van der Waals surface area contributed by atoms with Crippen molar-refractivity contribution in [3.05, 3.63) is 41.5 Å². The van der Waals surface area contributed by atoms with Gasteiger partial charge in [-0.2, -0.15) is 0 Å². The summed E-state index contributed by atoms with van der Waals surface area (Å²) in [6.07, 6.45) is 5.93. The Morgan fingerprint density at radius 3 is 2.24 bits per heavy atom. The molecule has 0 aliphatic heterocycles. The summed E-state index contributed by atoms with van der Waals surface area (Å²) in [4.78, 5) is 11.5. The number of allylic oxidation sites excluding steroid dienone is 1. The van der Waals surface area contributed by atoms with Crippen molar-refractivity contribution in [1.29, 1.82) is 0 Å². The first-order valence-electron chi connectivity index (χ1n) is 6.15. The van der Waals surface area contributed by atoms with Gasteiger partial charge in [0.25, 0.3) is 0 Å². The van der Waals surface area contributed by atoms with Crippen LogP contribution in [0.1, 0.15) is 31.2 Å². The van der Waals surface area contributed by atoms with E-state index in [1.165, 1.54) is 0 Å². The van der Waals surface area contributed by atoms with Crippen molar-refractivity contribution in [2.75, 3.05) is 14.1 Å². The van der Waals surface area contributed by atoms with Crippen LogP contribution in [0, 0.1) is 0 Å². The monoisotopic (exact) mass is 231 g/mol. The normalized spacial score (nSPS) is 17.5. The molecule has 2 rings (SSSR count). The lowest BCUT2D eigenvalue weighted by atomic mass is 9.92. The highest BCUT2D eigenvalue weighted by Crippen LogP contribution is 2.21. The van der Waals surface area contributed by atoms with Gasteiger partial charge in [-0.05, 0) is 50.6 Å². The number of hydrogen-bond acceptors (Lipinski definition) is 2. The Morgan fingerprint density at radius 1 is 1.06 bits per heavy atom. The predicted molar refractivity (Wildman–Crippen MR) is 72.9 cm³/mol. The second-order valence-electron chi connectivity index (χ2n) is 4.21. The van der Waals surface area contributed by atoms with Gasteiger partial charge in [0, 0.05) is 6.42 Å². The third kappa shape index (κ3) is 4.96. The topological polar surface area (TPSA) is 29.1 Å².